The zero-order chi connectivity index (χ0) is 15.4. The van der Waals surface area contributed by atoms with Crippen LogP contribution in [0.15, 0.2) is 30.5 Å². The lowest BCUT2D eigenvalue weighted by molar-refractivity contribution is 0.461. The second-order valence-electron chi connectivity index (χ2n) is 4.83. The monoisotopic (exact) mass is 344 g/mol. The molecule has 112 valence electrons. The molecule has 0 saturated heterocycles. The van der Waals surface area contributed by atoms with Gasteiger partial charge in [-0.3, -0.25) is 0 Å². The molecule has 0 aliphatic rings. The highest BCUT2D eigenvalue weighted by atomic mass is 35.5. The van der Waals surface area contributed by atoms with Crippen LogP contribution >= 0.6 is 34.8 Å². The molecule has 0 bridgehead atoms. The van der Waals surface area contributed by atoms with Crippen LogP contribution in [-0.2, 0) is 6.54 Å². The third-order valence-electron chi connectivity index (χ3n) is 2.72. The molecule has 0 fully saturated rings. The average molecular weight is 346 g/mol. The van der Waals surface area contributed by atoms with Gasteiger partial charge in [0.15, 0.2) is 0 Å². The molecule has 0 atom stereocenters. The number of nitrogens with zero attached hydrogens (tertiary/aromatic N) is 1. The Morgan fingerprint density at radius 1 is 1.14 bits per heavy atom. The second kappa shape index (κ2) is 7.32. The van der Waals surface area contributed by atoms with Crippen molar-refractivity contribution in [2.24, 2.45) is 0 Å². The number of pyridine rings is 1. The molecule has 0 aliphatic heterocycles. The number of nitrogens with one attached hydrogen (secondary N) is 1. The number of benzene rings is 1. The predicted octanol–water partition coefficient (Wildman–Crippen LogP) is 5.33. The first-order chi connectivity index (χ1) is 9.95. The van der Waals surface area contributed by atoms with Gasteiger partial charge in [-0.05, 0) is 23.8 Å². The van der Waals surface area contributed by atoms with Crippen molar-refractivity contribution >= 4 is 34.8 Å². The predicted molar refractivity (Wildman–Crippen MR) is 87.8 cm³/mol. The Morgan fingerprint density at radius 2 is 1.90 bits per heavy atom. The Morgan fingerprint density at radius 3 is 2.57 bits per heavy atom. The van der Waals surface area contributed by atoms with E-state index in [1.165, 1.54) is 0 Å². The number of hydrogen-bond donors (Lipinski definition) is 1. The van der Waals surface area contributed by atoms with Crippen LogP contribution < -0.4 is 10.1 Å². The second-order valence-corrected chi connectivity index (χ2v) is 6.08. The van der Waals surface area contributed by atoms with Crippen molar-refractivity contribution in [3.8, 4) is 11.6 Å². The highest BCUT2D eigenvalue weighted by Gasteiger charge is 2.08. The van der Waals surface area contributed by atoms with Crippen molar-refractivity contribution in [3.63, 3.8) is 0 Å². The van der Waals surface area contributed by atoms with Crippen molar-refractivity contribution in [2.45, 2.75) is 26.4 Å². The van der Waals surface area contributed by atoms with Gasteiger partial charge in [-0.15, -0.1) is 0 Å². The molecule has 1 N–H and O–H groups in total. The van der Waals surface area contributed by atoms with E-state index in [1.807, 2.05) is 0 Å². The van der Waals surface area contributed by atoms with E-state index in [0.29, 0.717) is 39.3 Å². The topological polar surface area (TPSA) is 34.1 Å². The smallest absolute Gasteiger partial charge is 0.219 e. The Hall–Kier alpha value is -1.000. The lowest BCUT2D eigenvalue weighted by Crippen LogP contribution is -2.22. The Bertz CT molecular complexity index is 632. The molecule has 2 aromatic rings. The molecule has 0 saturated carbocycles. The van der Waals surface area contributed by atoms with E-state index >= 15 is 0 Å². The van der Waals surface area contributed by atoms with Gasteiger partial charge in [-0.25, -0.2) is 4.98 Å². The van der Waals surface area contributed by atoms with Crippen LogP contribution in [0.3, 0.4) is 0 Å². The van der Waals surface area contributed by atoms with Crippen molar-refractivity contribution < 1.29 is 4.74 Å². The van der Waals surface area contributed by atoms with Crippen LogP contribution in [0, 0.1) is 0 Å². The molecule has 2 rings (SSSR count). The average Bonchev–Trinajstić information content (AvgIpc) is 2.42. The quantitative estimate of drug-likeness (QED) is 0.795. The number of ether oxygens (including phenoxy) is 1. The molecule has 3 nitrogen and oxygen atoms in total. The van der Waals surface area contributed by atoms with Gasteiger partial charge in [0.2, 0.25) is 5.88 Å². The Kier molecular flexibility index (Phi) is 5.71. The molecule has 0 unspecified atom stereocenters. The van der Waals surface area contributed by atoms with Crippen LogP contribution in [0.2, 0.25) is 15.1 Å². The van der Waals surface area contributed by atoms with Gasteiger partial charge in [0.1, 0.15) is 5.75 Å². The van der Waals surface area contributed by atoms with Gasteiger partial charge in [-0.2, -0.15) is 0 Å². The molecule has 6 heteroatoms. The third kappa shape index (κ3) is 4.75. The molecule has 1 aromatic heterocycles. The van der Waals surface area contributed by atoms with E-state index in [4.69, 9.17) is 39.5 Å². The standard InChI is InChI=1S/C15H15Cl3N2O/c1-9(2)19-7-10-5-15(20-8-13(10)18)21-14-4-3-11(16)6-12(14)17/h3-6,8-9,19H,7H2,1-2H3. The normalized spacial score (nSPS) is 11.0. The maximum absolute atomic E-state index is 6.13. The molecular formula is C15H15Cl3N2O. The summed E-state index contributed by atoms with van der Waals surface area (Å²) in [6.07, 6.45) is 1.57. The van der Waals surface area contributed by atoms with Crippen molar-refractivity contribution in [3.05, 3.63) is 51.1 Å². The van der Waals surface area contributed by atoms with Crippen molar-refractivity contribution in [2.75, 3.05) is 0 Å². The Labute approximate surface area is 139 Å². The maximum Gasteiger partial charge on any atom is 0.219 e. The minimum atomic E-state index is 0.365. The highest BCUT2D eigenvalue weighted by molar-refractivity contribution is 6.35. The van der Waals surface area contributed by atoms with Gasteiger partial charge < -0.3 is 10.1 Å². The first-order valence-corrected chi connectivity index (χ1v) is 7.60. The van der Waals surface area contributed by atoms with Gasteiger partial charge in [0.05, 0.1) is 10.0 Å². The lowest BCUT2D eigenvalue weighted by atomic mass is 10.2. The summed E-state index contributed by atoms with van der Waals surface area (Å²) in [6.45, 7) is 4.78. The summed E-state index contributed by atoms with van der Waals surface area (Å²) in [5.41, 5.74) is 0.917. The minimum Gasteiger partial charge on any atom is -0.437 e. The fraction of sp³-hybridized carbons (Fsp3) is 0.267. The summed E-state index contributed by atoms with van der Waals surface area (Å²) in [5, 5.41) is 4.88. The van der Waals surface area contributed by atoms with Gasteiger partial charge in [0, 0.05) is 29.9 Å². The first kappa shape index (κ1) is 16.4. The summed E-state index contributed by atoms with van der Waals surface area (Å²) < 4.78 is 5.68. The molecule has 0 spiro atoms. The molecular weight excluding hydrogens is 331 g/mol. The molecule has 0 radical (unpaired) electrons. The molecule has 21 heavy (non-hydrogen) atoms. The summed E-state index contributed by atoms with van der Waals surface area (Å²) >= 11 is 18.1. The van der Waals surface area contributed by atoms with Crippen LogP contribution in [0.5, 0.6) is 11.6 Å². The van der Waals surface area contributed by atoms with Crippen molar-refractivity contribution in [1.29, 1.82) is 0 Å². The molecule has 1 heterocycles. The van der Waals surface area contributed by atoms with E-state index < -0.39 is 0 Å². The zero-order valence-corrected chi connectivity index (χ0v) is 13.9. The summed E-state index contributed by atoms with van der Waals surface area (Å²) in [4.78, 5) is 4.15. The number of hydrogen-bond acceptors (Lipinski definition) is 3. The number of aromatic nitrogens is 1. The van der Waals surface area contributed by atoms with Gasteiger partial charge in [-0.1, -0.05) is 48.7 Å². The fourth-order valence-corrected chi connectivity index (χ4v) is 2.25. The van der Waals surface area contributed by atoms with Crippen LogP contribution in [0.25, 0.3) is 0 Å². The fourth-order valence-electron chi connectivity index (χ4n) is 1.63. The highest BCUT2D eigenvalue weighted by Crippen LogP contribution is 2.31. The van der Waals surface area contributed by atoms with Crippen LogP contribution in [-0.4, -0.2) is 11.0 Å². The van der Waals surface area contributed by atoms with Crippen LogP contribution in [0.4, 0.5) is 0 Å². The zero-order valence-electron chi connectivity index (χ0n) is 11.7. The molecule has 1 aromatic carbocycles. The van der Waals surface area contributed by atoms with E-state index in [-0.39, 0.29) is 0 Å². The lowest BCUT2D eigenvalue weighted by Gasteiger charge is -2.12. The van der Waals surface area contributed by atoms with E-state index in [9.17, 15) is 0 Å². The third-order valence-corrected chi connectivity index (χ3v) is 3.59. The summed E-state index contributed by atoms with van der Waals surface area (Å²) in [6, 6.07) is 7.19. The van der Waals surface area contributed by atoms with Crippen LogP contribution in [0.1, 0.15) is 19.4 Å². The van der Waals surface area contributed by atoms with Gasteiger partial charge >= 0.3 is 0 Å². The van der Waals surface area contributed by atoms with Gasteiger partial charge in [0.25, 0.3) is 0 Å². The maximum atomic E-state index is 6.13. The number of rotatable bonds is 5. The largest absolute Gasteiger partial charge is 0.437 e. The van der Waals surface area contributed by atoms with E-state index in [1.54, 1.807) is 30.5 Å². The van der Waals surface area contributed by atoms with Crippen molar-refractivity contribution in [1.82, 2.24) is 10.3 Å². The SMILES string of the molecule is CC(C)NCc1cc(Oc2ccc(Cl)cc2Cl)ncc1Cl. The molecule has 0 aliphatic carbocycles. The molecule has 0 amide bonds. The minimum absolute atomic E-state index is 0.365. The summed E-state index contributed by atoms with van der Waals surface area (Å²) in [7, 11) is 0. The number of halogens is 3. The summed E-state index contributed by atoms with van der Waals surface area (Å²) in [5.74, 6) is 0.933. The van der Waals surface area contributed by atoms with E-state index in [2.05, 4.69) is 24.1 Å². The Balaban J connectivity index is 2.18. The first-order valence-electron chi connectivity index (χ1n) is 6.46. The van der Waals surface area contributed by atoms with E-state index in [0.717, 1.165) is 5.56 Å².